The summed E-state index contributed by atoms with van der Waals surface area (Å²) in [4.78, 5) is 29.1. The van der Waals surface area contributed by atoms with Crippen LogP contribution in [0.4, 0.5) is 16.2 Å². The number of rotatable bonds is 5. The Morgan fingerprint density at radius 2 is 2.00 bits per heavy atom. The molecule has 1 aliphatic heterocycles. The largest absolute Gasteiger partial charge is 0.318 e. The Morgan fingerprint density at radius 3 is 2.69 bits per heavy atom. The van der Waals surface area contributed by atoms with Crippen molar-refractivity contribution >= 4 is 33.2 Å². The number of aromatic nitrogens is 4. The van der Waals surface area contributed by atoms with E-state index in [1.807, 2.05) is 25.4 Å². The Labute approximate surface area is 214 Å². The molecule has 36 heavy (non-hydrogen) atoms. The highest BCUT2D eigenvalue weighted by Gasteiger charge is 2.22. The van der Waals surface area contributed by atoms with Crippen LogP contribution in [0.3, 0.4) is 0 Å². The minimum atomic E-state index is -0.525. The molecule has 1 atom stereocenters. The summed E-state index contributed by atoms with van der Waals surface area (Å²) in [5, 5.41) is 3.74. The normalized spacial score (nSPS) is 16.7. The molecule has 1 fully saturated rings. The van der Waals surface area contributed by atoms with E-state index in [2.05, 4.69) is 52.1 Å². The van der Waals surface area contributed by atoms with Gasteiger partial charge in [0.05, 0.1) is 16.5 Å². The number of nitrogens with zero attached hydrogens (tertiary/aromatic N) is 5. The fourth-order valence-electron chi connectivity index (χ4n) is 4.97. The predicted octanol–water partition coefficient (Wildman–Crippen LogP) is 5.58. The molecule has 1 N–H and O–H groups in total. The summed E-state index contributed by atoms with van der Waals surface area (Å²) >= 11 is 1.41. The van der Waals surface area contributed by atoms with E-state index in [0.717, 1.165) is 28.9 Å². The molecule has 7 nitrogen and oxygen atoms in total. The molecular weight excluding hydrogens is 475 g/mol. The van der Waals surface area contributed by atoms with Crippen LogP contribution in [0.5, 0.6) is 0 Å². The number of likely N-dealkylation sites (tertiary alicyclic amines) is 1. The topological polar surface area (TPSA) is 75.9 Å². The van der Waals surface area contributed by atoms with E-state index in [1.54, 1.807) is 11.6 Å². The van der Waals surface area contributed by atoms with Crippen molar-refractivity contribution in [1.82, 2.24) is 24.4 Å². The number of fused-ring (bicyclic) bond motifs is 1. The highest BCUT2D eigenvalue weighted by molar-refractivity contribution is 7.22. The van der Waals surface area contributed by atoms with Crippen molar-refractivity contribution in [3.8, 4) is 10.6 Å². The zero-order chi connectivity index (χ0) is 25.6. The van der Waals surface area contributed by atoms with Crippen LogP contribution in [0.25, 0.3) is 20.7 Å². The van der Waals surface area contributed by atoms with E-state index in [9.17, 15) is 9.18 Å². The van der Waals surface area contributed by atoms with Crippen LogP contribution in [0.2, 0.25) is 0 Å². The molecule has 0 aliphatic carbocycles. The number of nitrogens with one attached hydrogen (secondary N) is 1. The van der Waals surface area contributed by atoms with Gasteiger partial charge in [0, 0.05) is 30.7 Å². The molecule has 5 rings (SSSR count). The maximum atomic E-state index is 15.0. The van der Waals surface area contributed by atoms with Gasteiger partial charge in [-0.25, -0.2) is 19.3 Å². The van der Waals surface area contributed by atoms with Gasteiger partial charge in [0.1, 0.15) is 11.5 Å². The third kappa shape index (κ3) is 4.53. The Morgan fingerprint density at radius 1 is 1.19 bits per heavy atom. The zero-order valence-electron chi connectivity index (χ0n) is 21.3. The minimum Gasteiger partial charge on any atom is -0.318 e. The lowest BCUT2D eigenvalue weighted by Gasteiger charge is -2.29. The molecule has 0 bridgehead atoms. The summed E-state index contributed by atoms with van der Waals surface area (Å²) in [6.45, 7) is 8.21. The van der Waals surface area contributed by atoms with Crippen LogP contribution in [0.15, 0.2) is 35.5 Å². The average Bonchev–Trinajstić information content (AvgIpc) is 3.20. The third-order valence-corrected chi connectivity index (χ3v) is 8.33. The number of thiophene rings is 1. The summed E-state index contributed by atoms with van der Waals surface area (Å²) in [5.41, 5.74) is 3.12. The van der Waals surface area contributed by atoms with Crippen molar-refractivity contribution < 1.29 is 4.39 Å². The van der Waals surface area contributed by atoms with Crippen molar-refractivity contribution in [3.63, 3.8) is 0 Å². The second-order valence-corrected chi connectivity index (χ2v) is 11.0. The van der Waals surface area contributed by atoms with Crippen molar-refractivity contribution in [1.29, 1.82) is 0 Å². The number of anilines is 2. The van der Waals surface area contributed by atoms with Gasteiger partial charge in [0.25, 0.3) is 5.56 Å². The van der Waals surface area contributed by atoms with Gasteiger partial charge in [-0.15, -0.1) is 11.3 Å². The SMILES string of the molecule is Cc1c(-c2nc(Nc3ccc(C4CCCN(C)C4)cn3)ncc2F)sc2c(C(C)C)cn(C)c(=O)c12. The fraction of sp³-hybridized carbons (Fsp3) is 0.407. The molecule has 9 heteroatoms. The van der Waals surface area contributed by atoms with Gasteiger partial charge in [0.15, 0.2) is 5.82 Å². The first-order valence-electron chi connectivity index (χ1n) is 12.3. The van der Waals surface area contributed by atoms with Crippen LogP contribution in [0, 0.1) is 12.7 Å². The highest BCUT2D eigenvalue weighted by atomic mass is 32.1. The summed E-state index contributed by atoms with van der Waals surface area (Å²) in [5.74, 6) is 1.05. The molecule has 5 heterocycles. The first-order valence-corrected chi connectivity index (χ1v) is 13.1. The zero-order valence-corrected chi connectivity index (χ0v) is 22.1. The van der Waals surface area contributed by atoms with Crippen LogP contribution < -0.4 is 10.9 Å². The molecule has 0 saturated carbocycles. The summed E-state index contributed by atoms with van der Waals surface area (Å²) in [6.07, 6.45) is 7.30. The molecule has 1 aliphatic rings. The molecule has 0 spiro atoms. The first kappa shape index (κ1) is 24.5. The number of pyridine rings is 2. The number of hydrogen-bond donors (Lipinski definition) is 1. The maximum absolute atomic E-state index is 15.0. The van der Waals surface area contributed by atoms with Gasteiger partial charge < -0.3 is 14.8 Å². The number of aryl methyl sites for hydroxylation is 2. The predicted molar refractivity (Wildman–Crippen MR) is 144 cm³/mol. The molecule has 1 saturated heterocycles. The molecule has 1 unspecified atom stereocenters. The van der Waals surface area contributed by atoms with Crippen LogP contribution >= 0.6 is 11.3 Å². The van der Waals surface area contributed by atoms with Crippen LogP contribution in [-0.4, -0.2) is 44.6 Å². The summed E-state index contributed by atoms with van der Waals surface area (Å²) in [7, 11) is 3.90. The summed E-state index contributed by atoms with van der Waals surface area (Å²) < 4.78 is 17.5. The van der Waals surface area contributed by atoms with Crippen molar-refractivity contribution in [3.05, 3.63) is 63.6 Å². The van der Waals surface area contributed by atoms with Gasteiger partial charge in [0.2, 0.25) is 5.95 Å². The van der Waals surface area contributed by atoms with Crippen LogP contribution in [0.1, 0.15) is 55.2 Å². The van der Waals surface area contributed by atoms with Gasteiger partial charge >= 0.3 is 0 Å². The van der Waals surface area contributed by atoms with E-state index in [-0.39, 0.29) is 23.1 Å². The number of halogens is 1. The van der Waals surface area contributed by atoms with Crippen molar-refractivity contribution in [2.45, 2.75) is 45.4 Å². The molecule has 0 amide bonds. The van der Waals surface area contributed by atoms with Gasteiger partial charge in [-0.1, -0.05) is 19.9 Å². The lowest BCUT2D eigenvalue weighted by molar-refractivity contribution is 0.250. The molecule has 4 aromatic heterocycles. The number of hydrogen-bond acceptors (Lipinski definition) is 7. The second-order valence-electron chi connectivity index (χ2n) is 10.0. The maximum Gasteiger partial charge on any atom is 0.259 e. The van der Waals surface area contributed by atoms with Gasteiger partial charge in [-0.2, -0.15) is 0 Å². The third-order valence-electron chi connectivity index (χ3n) is 6.98. The quantitative estimate of drug-likeness (QED) is 0.381. The molecule has 0 radical (unpaired) electrons. The average molecular weight is 507 g/mol. The minimum absolute atomic E-state index is 0.0873. The van der Waals surface area contributed by atoms with E-state index >= 15 is 0 Å². The highest BCUT2D eigenvalue weighted by Crippen LogP contribution is 2.40. The van der Waals surface area contributed by atoms with Gasteiger partial charge in [-0.3, -0.25) is 4.79 Å². The fourth-order valence-corrected chi connectivity index (χ4v) is 6.42. The molecule has 4 aromatic rings. The molecular formula is C27H31FN6OS. The standard InChI is InChI=1S/C27H31FN6OS/c1-15(2)19-14-34(5)26(35)22-16(3)24(36-25(19)22)23-20(28)12-30-27(32-23)31-21-9-8-17(11-29-21)18-7-6-10-33(4)13-18/h8-9,11-12,14-15,18H,6-7,10,13H2,1-5H3,(H,29,30,31,32). The lowest BCUT2D eigenvalue weighted by Crippen LogP contribution is -2.30. The lowest BCUT2D eigenvalue weighted by atomic mass is 9.92. The van der Waals surface area contributed by atoms with Gasteiger partial charge in [-0.05, 0) is 68.0 Å². The van der Waals surface area contributed by atoms with E-state index in [4.69, 9.17) is 0 Å². The van der Waals surface area contributed by atoms with E-state index in [1.165, 1.54) is 35.9 Å². The molecule has 0 aromatic carbocycles. The monoisotopic (exact) mass is 506 g/mol. The Balaban J connectivity index is 1.47. The van der Waals surface area contributed by atoms with E-state index in [0.29, 0.717) is 22.0 Å². The first-order chi connectivity index (χ1) is 17.2. The Kier molecular flexibility index (Phi) is 6.61. The Bertz CT molecular complexity index is 1480. The number of piperidine rings is 1. The van der Waals surface area contributed by atoms with Crippen LogP contribution in [-0.2, 0) is 7.05 Å². The second kappa shape index (κ2) is 9.71. The number of likely N-dealkylation sites (N-methyl/N-ethyl adjacent to an activating group) is 1. The summed E-state index contributed by atoms with van der Waals surface area (Å²) in [6, 6.07) is 4.00. The molecule has 188 valence electrons. The smallest absolute Gasteiger partial charge is 0.259 e. The Hall–Kier alpha value is -3.17. The van der Waals surface area contributed by atoms with E-state index < -0.39 is 5.82 Å². The van der Waals surface area contributed by atoms with Crippen molar-refractivity contribution in [2.75, 3.05) is 25.5 Å². The van der Waals surface area contributed by atoms with Crippen molar-refractivity contribution in [2.24, 2.45) is 7.05 Å².